The molecule has 1 aromatic carbocycles. The summed E-state index contributed by atoms with van der Waals surface area (Å²) in [7, 11) is 1.29. The first-order valence-corrected chi connectivity index (χ1v) is 8.00. The van der Waals surface area contributed by atoms with Gasteiger partial charge in [0.15, 0.2) is 0 Å². The number of anilines is 1. The number of carbonyl (C=O) groups excluding carboxylic acids is 2. The fraction of sp³-hybridized carbons (Fsp3) is 0.444. The fourth-order valence-corrected chi connectivity index (χ4v) is 2.54. The van der Waals surface area contributed by atoms with Crippen LogP contribution in [0.15, 0.2) is 36.4 Å². The molecule has 0 saturated heterocycles. The third-order valence-electron chi connectivity index (χ3n) is 3.65. The monoisotopic (exact) mass is 348 g/mol. The van der Waals surface area contributed by atoms with Gasteiger partial charge >= 0.3 is 12.2 Å². The van der Waals surface area contributed by atoms with Gasteiger partial charge in [-0.25, -0.2) is 9.59 Å². The van der Waals surface area contributed by atoms with Crippen molar-refractivity contribution < 1.29 is 24.2 Å². The van der Waals surface area contributed by atoms with Crippen molar-refractivity contribution in [3.63, 3.8) is 0 Å². The van der Waals surface area contributed by atoms with E-state index < -0.39 is 23.8 Å². The zero-order valence-corrected chi connectivity index (χ0v) is 14.9. The van der Waals surface area contributed by atoms with Crippen LogP contribution in [0.1, 0.15) is 32.4 Å². The standard InChI is InChI=1S/C18H24N2O5/c1-18(2,3)25-17(23)20-14(11-21)9-10-15(20)12-5-7-13(8-6-12)19-16(22)24-4/h5-10,14-15,21H,11H2,1-4H3,(H,19,22)/t14-,15-/m0/s1. The van der Waals surface area contributed by atoms with Crippen LogP contribution in [0.25, 0.3) is 0 Å². The molecule has 0 radical (unpaired) electrons. The van der Waals surface area contributed by atoms with Gasteiger partial charge in [-0.1, -0.05) is 24.3 Å². The van der Waals surface area contributed by atoms with Crippen molar-refractivity contribution in [3.05, 3.63) is 42.0 Å². The van der Waals surface area contributed by atoms with Crippen LogP contribution in [0.3, 0.4) is 0 Å². The minimum atomic E-state index is -0.626. The van der Waals surface area contributed by atoms with E-state index in [-0.39, 0.29) is 12.6 Å². The lowest BCUT2D eigenvalue weighted by Gasteiger charge is -2.32. The highest BCUT2D eigenvalue weighted by molar-refractivity contribution is 5.84. The number of nitrogens with zero attached hydrogens (tertiary/aromatic N) is 1. The molecule has 1 aromatic rings. The Morgan fingerprint density at radius 1 is 1.20 bits per heavy atom. The fourth-order valence-electron chi connectivity index (χ4n) is 2.54. The van der Waals surface area contributed by atoms with Crippen molar-refractivity contribution in [2.45, 2.75) is 38.5 Å². The van der Waals surface area contributed by atoms with Crippen LogP contribution in [0, 0.1) is 0 Å². The van der Waals surface area contributed by atoms with Crippen molar-refractivity contribution in [2.24, 2.45) is 0 Å². The van der Waals surface area contributed by atoms with Crippen LogP contribution in [0.2, 0.25) is 0 Å². The molecular formula is C18H24N2O5. The molecule has 7 nitrogen and oxygen atoms in total. The zero-order chi connectivity index (χ0) is 18.6. The van der Waals surface area contributed by atoms with Gasteiger partial charge in [-0.05, 0) is 38.5 Å². The smallest absolute Gasteiger partial charge is 0.411 e. The van der Waals surface area contributed by atoms with Gasteiger partial charge in [0.25, 0.3) is 0 Å². The van der Waals surface area contributed by atoms with Crippen LogP contribution in [0.4, 0.5) is 15.3 Å². The van der Waals surface area contributed by atoms with Crippen LogP contribution in [-0.4, -0.2) is 47.6 Å². The zero-order valence-electron chi connectivity index (χ0n) is 14.9. The molecule has 0 aliphatic carbocycles. The molecule has 0 fully saturated rings. The largest absolute Gasteiger partial charge is 0.453 e. The van der Waals surface area contributed by atoms with Crippen LogP contribution in [-0.2, 0) is 9.47 Å². The summed E-state index contributed by atoms with van der Waals surface area (Å²) >= 11 is 0. The minimum absolute atomic E-state index is 0.186. The highest BCUT2D eigenvalue weighted by atomic mass is 16.6. The topological polar surface area (TPSA) is 88.1 Å². The molecule has 25 heavy (non-hydrogen) atoms. The molecule has 0 spiro atoms. The lowest BCUT2D eigenvalue weighted by molar-refractivity contribution is 0.0114. The number of hydrogen-bond acceptors (Lipinski definition) is 5. The predicted molar refractivity (Wildman–Crippen MR) is 93.3 cm³/mol. The van der Waals surface area contributed by atoms with Gasteiger partial charge in [0.2, 0.25) is 0 Å². The number of nitrogens with one attached hydrogen (secondary N) is 1. The first kappa shape index (κ1) is 18.8. The van der Waals surface area contributed by atoms with E-state index in [1.165, 1.54) is 12.0 Å². The number of rotatable bonds is 3. The molecule has 1 aliphatic rings. The Labute approximate surface area is 147 Å². The molecular weight excluding hydrogens is 324 g/mol. The summed E-state index contributed by atoms with van der Waals surface area (Å²) < 4.78 is 10.0. The summed E-state index contributed by atoms with van der Waals surface area (Å²) in [5, 5.41) is 12.1. The highest BCUT2D eigenvalue weighted by Crippen LogP contribution is 2.32. The molecule has 0 saturated carbocycles. The summed E-state index contributed by atoms with van der Waals surface area (Å²) in [6.07, 6.45) is 2.60. The predicted octanol–water partition coefficient (Wildman–Crippen LogP) is 3.07. The minimum Gasteiger partial charge on any atom is -0.453 e. The lowest BCUT2D eigenvalue weighted by atomic mass is 10.1. The maximum atomic E-state index is 12.5. The van der Waals surface area contributed by atoms with Gasteiger partial charge < -0.3 is 14.6 Å². The molecule has 2 rings (SSSR count). The molecule has 2 N–H and O–H groups in total. The van der Waals surface area contributed by atoms with Crippen molar-refractivity contribution in [3.8, 4) is 0 Å². The molecule has 0 aromatic heterocycles. The number of carbonyl (C=O) groups is 2. The van der Waals surface area contributed by atoms with Crippen LogP contribution in [0.5, 0.6) is 0 Å². The number of hydrogen-bond donors (Lipinski definition) is 2. The number of amides is 2. The second-order valence-corrected chi connectivity index (χ2v) is 6.71. The van der Waals surface area contributed by atoms with Crippen molar-refractivity contribution in [1.29, 1.82) is 0 Å². The number of methoxy groups -OCH3 is 1. The number of benzene rings is 1. The molecule has 1 aliphatic heterocycles. The molecule has 7 heteroatoms. The molecule has 0 bridgehead atoms. The SMILES string of the molecule is COC(=O)Nc1ccc([C@@H]2C=C[C@@H](CO)N2C(=O)OC(C)(C)C)cc1. The van der Waals surface area contributed by atoms with Gasteiger partial charge in [-0.2, -0.15) is 0 Å². The first-order valence-electron chi connectivity index (χ1n) is 8.00. The van der Waals surface area contributed by atoms with Gasteiger partial charge in [-0.15, -0.1) is 0 Å². The lowest BCUT2D eigenvalue weighted by Crippen LogP contribution is -2.43. The third-order valence-corrected chi connectivity index (χ3v) is 3.65. The highest BCUT2D eigenvalue weighted by Gasteiger charge is 2.36. The second kappa shape index (κ2) is 7.57. The molecule has 2 amide bonds. The molecule has 0 unspecified atom stereocenters. The van der Waals surface area contributed by atoms with E-state index in [0.717, 1.165) is 5.56 Å². The number of aliphatic hydroxyl groups is 1. The summed E-state index contributed by atoms with van der Waals surface area (Å²) in [6.45, 7) is 5.20. The summed E-state index contributed by atoms with van der Waals surface area (Å²) in [6, 6.07) is 6.26. The van der Waals surface area contributed by atoms with E-state index in [1.54, 1.807) is 51.1 Å². The Hall–Kier alpha value is -2.54. The Balaban J connectivity index is 2.19. The molecule has 2 atom stereocenters. The van der Waals surface area contributed by atoms with Gasteiger partial charge in [0.05, 0.1) is 25.8 Å². The number of ether oxygens (including phenoxy) is 2. The Morgan fingerprint density at radius 2 is 1.84 bits per heavy atom. The molecule has 1 heterocycles. The maximum Gasteiger partial charge on any atom is 0.411 e. The summed E-state index contributed by atoms with van der Waals surface area (Å²) in [5.74, 6) is 0. The first-order chi connectivity index (χ1) is 11.7. The van der Waals surface area contributed by atoms with Crippen LogP contribution >= 0.6 is 0 Å². The van der Waals surface area contributed by atoms with E-state index in [9.17, 15) is 14.7 Å². The average Bonchev–Trinajstić information content (AvgIpc) is 2.98. The quantitative estimate of drug-likeness (QED) is 0.820. The van der Waals surface area contributed by atoms with Crippen molar-refractivity contribution >= 4 is 17.9 Å². The average molecular weight is 348 g/mol. The maximum absolute atomic E-state index is 12.5. The van der Waals surface area contributed by atoms with Crippen molar-refractivity contribution in [1.82, 2.24) is 4.90 Å². The van der Waals surface area contributed by atoms with E-state index in [4.69, 9.17) is 4.74 Å². The van der Waals surface area contributed by atoms with E-state index in [0.29, 0.717) is 5.69 Å². The number of aliphatic hydroxyl groups excluding tert-OH is 1. The van der Waals surface area contributed by atoms with Crippen LogP contribution < -0.4 is 5.32 Å². The molecule has 136 valence electrons. The Bertz CT molecular complexity index is 648. The van der Waals surface area contributed by atoms with E-state index in [1.807, 2.05) is 6.08 Å². The van der Waals surface area contributed by atoms with Gasteiger partial charge in [-0.3, -0.25) is 10.2 Å². The van der Waals surface area contributed by atoms with Gasteiger partial charge in [0.1, 0.15) is 5.60 Å². The van der Waals surface area contributed by atoms with Gasteiger partial charge in [0, 0.05) is 5.69 Å². The second-order valence-electron chi connectivity index (χ2n) is 6.71. The normalized spacial score (nSPS) is 19.6. The van der Waals surface area contributed by atoms with Crippen molar-refractivity contribution in [2.75, 3.05) is 19.0 Å². The Morgan fingerprint density at radius 3 is 2.36 bits per heavy atom. The Kier molecular flexibility index (Phi) is 5.69. The third kappa shape index (κ3) is 4.73. The van der Waals surface area contributed by atoms with E-state index >= 15 is 0 Å². The summed E-state index contributed by atoms with van der Waals surface area (Å²) in [4.78, 5) is 25.3. The van der Waals surface area contributed by atoms with E-state index in [2.05, 4.69) is 10.1 Å². The summed E-state index contributed by atoms with van der Waals surface area (Å²) in [5.41, 5.74) is 0.798.